The van der Waals surface area contributed by atoms with Crippen LogP contribution in [0.2, 0.25) is 0 Å². The molecule has 1 aromatic carbocycles. The van der Waals surface area contributed by atoms with Crippen molar-refractivity contribution in [1.82, 2.24) is 20.6 Å². The number of amides is 2. The zero-order valence-electron chi connectivity index (χ0n) is 16.8. The molecule has 0 saturated heterocycles. The fourth-order valence-electron chi connectivity index (χ4n) is 2.78. The average molecular weight is 417 g/mol. The van der Waals surface area contributed by atoms with E-state index in [2.05, 4.69) is 20.6 Å². The highest BCUT2D eigenvalue weighted by molar-refractivity contribution is 5.96. The minimum atomic E-state index is -1.11. The molecular formula is C20H27N5O5. The Kier molecular flexibility index (Phi) is 8.82. The number of imidazole rings is 1. The van der Waals surface area contributed by atoms with Gasteiger partial charge in [0.05, 0.1) is 19.5 Å². The summed E-state index contributed by atoms with van der Waals surface area (Å²) in [5.41, 5.74) is 6.97. The molecule has 0 bridgehead atoms. The fraction of sp³-hybridized carbons (Fsp3) is 0.400. The van der Waals surface area contributed by atoms with Gasteiger partial charge in [0, 0.05) is 30.4 Å². The third-order valence-electron chi connectivity index (χ3n) is 4.51. The molecule has 162 valence electrons. The standard InChI is InChI=1S/C20H27N5O5/c1-30-15-7-5-13(6-8-15)18(26)25-17(20(28)29)4-2-3-9-23-19(27)16(21)10-14-11-22-12-24-14/h5-8,11-12,16-17H,2-4,9-10,21H2,1H3,(H,22,24)(H,23,27)(H,25,26)(H,28,29)/t16-,17-/m0/s1. The second-order valence-corrected chi connectivity index (χ2v) is 6.77. The van der Waals surface area contributed by atoms with Crippen LogP contribution in [-0.4, -0.2) is 58.6 Å². The molecule has 0 saturated carbocycles. The van der Waals surface area contributed by atoms with Gasteiger partial charge in [0.15, 0.2) is 0 Å². The Hall–Kier alpha value is -3.40. The van der Waals surface area contributed by atoms with Crippen LogP contribution in [0, 0.1) is 0 Å². The molecule has 10 heteroatoms. The summed E-state index contributed by atoms with van der Waals surface area (Å²) in [7, 11) is 1.52. The number of rotatable bonds is 12. The number of hydrogen-bond acceptors (Lipinski definition) is 6. The summed E-state index contributed by atoms with van der Waals surface area (Å²) in [5, 5.41) is 14.6. The fourth-order valence-corrected chi connectivity index (χ4v) is 2.78. The van der Waals surface area contributed by atoms with Crippen LogP contribution in [0.1, 0.15) is 35.3 Å². The van der Waals surface area contributed by atoms with Gasteiger partial charge in [-0.05, 0) is 43.5 Å². The maximum Gasteiger partial charge on any atom is 0.326 e. The summed E-state index contributed by atoms with van der Waals surface area (Å²) in [4.78, 5) is 42.5. The molecule has 2 atom stereocenters. The van der Waals surface area contributed by atoms with Crippen molar-refractivity contribution in [2.75, 3.05) is 13.7 Å². The van der Waals surface area contributed by atoms with Crippen molar-refractivity contribution in [2.24, 2.45) is 5.73 Å². The minimum Gasteiger partial charge on any atom is -0.497 e. The number of aromatic nitrogens is 2. The maximum atomic E-state index is 12.2. The molecule has 2 rings (SSSR count). The first-order valence-corrected chi connectivity index (χ1v) is 9.59. The van der Waals surface area contributed by atoms with E-state index in [0.717, 1.165) is 5.69 Å². The van der Waals surface area contributed by atoms with Crippen LogP contribution in [0.5, 0.6) is 5.75 Å². The summed E-state index contributed by atoms with van der Waals surface area (Å²) in [6, 6.07) is 4.68. The number of H-pyrrole nitrogens is 1. The summed E-state index contributed by atoms with van der Waals surface area (Å²) >= 11 is 0. The van der Waals surface area contributed by atoms with E-state index in [0.29, 0.717) is 37.1 Å². The van der Waals surface area contributed by atoms with Crippen LogP contribution in [0.3, 0.4) is 0 Å². The molecule has 0 aliphatic rings. The molecule has 0 radical (unpaired) electrons. The Bertz CT molecular complexity index is 823. The van der Waals surface area contributed by atoms with Crippen LogP contribution in [0.15, 0.2) is 36.8 Å². The van der Waals surface area contributed by atoms with Crippen LogP contribution in [0.25, 0.3) is 0 Å². The first kappa shape index (κ1) is 22.9. The van der Waals surface area contributed by atoms with Crippen molar-refractivity contribution >= 4 is 17.8 Å². The number of carbonyl (C=O) groups excluding carboxylic acids is 2. The van der Waals surface area contributed by atoms with E-state index < -0.39 is 24.0 Å². The van der Waals surface area contributed by atoms with E-state index in [-0.39, 0.29) is 12.3 Å². The average Bonchev–Trinajstić information content (AvgIpc) is 3.25. The van der Waals surface area contributed by atoms with Crippen LogP contribution >= 0.6 is 0 Å². The van der Waals surface area contributed by atoms with Gasteiger partial charge < -0.3 is 31.2 Å². The number of nitrogens with zero attached hydrogens (tertiary/aromatic N) is 1. The maximum absolute atomic E-state index is 12.2. The Labute approximate surface area is 174 Å². The van der Waals surface area contributed by atoms with Crippen molar-refractivity contribution in [1.29, 1.82) is 0 Å². The number of unbranched alkanes of at least 4 members (excludes halogenated alkanes) is 1. The molecule has 1 heterocycles. The molecule has 6 N–H and O–H groups in total. The van der Waals surface area contributed by atoms with E-state index in [9.17, 15) is 19.5 Å². The highest BCUT2D eigenvalue weighted by atomic mass is 16.5. The number of nitrogens with one attached hydrogen (secondary N) is 3. The largest absolute Gasteiger partial charge is 0.497 e. The summed E-state index contributed by atoms with van der Waals surface area (Å²) in [5.74, 6) is -1.26. The first-order valence-electron chi connectivity index (χ1n) is 9.59. The van der Waals surface area contributed by atoms with E-state index in [1.54, 1.807) is 30.5 Å². The van der Waals surface area contributed by atoms with Gasteiger partial charge in [0.2, 0.25) is 5.91 Å². The molecule has 0 aliphatic heterocycles. The number of ether oxygens (including phenoxy) is 1. The third kappa shape index (κ3) is 7.21. The van der Waals surface area contributed by atoms with Gasteiger partial charge in [0.1, 0.15) is 11.8 Å². The molecule has 0 spiro atoms. The van der Waals surface area contributed by atoms with E-state index in [1.165, 1.54) is 13.4 Å². The van der Waals surface area contributed by atoms with Crippen LogP contribution < -0.4 is 21.1 Å². The van der Waals surface area contributed by atoms with E-state index in [1.807, 2.05) is 0 Å². The van der Waals surface area contributed by atoms with E-state index in [4.69, 9.17) is 10.5 Å². The predicted octanol–water partition coefficient (Wildman–Crippen LogP) is 0.458. The van der Waals surface area contributed by atoms with Crippen molar-refractivity contribution in [2.45, 2.75) is 37.8 Å². The number of carboxylic acid groups (broad SMARTS) is 1. The Balaban J connectivity index is 1.70. The van der Waals surface area contributed by atoms with Crippen LogP contribution in [0.4, 0.5) is 0 Å². The van der Waals surface area contributed by atoms with Crippen molar-refractivity contribution in [3.63, 3.8) is 0 Å². The highest BCUT2D eigenvalue weighted by Gasteiger charge is 2.20. The summed E-state index contributed by atoms with van der Waals surface area (Å²) in [6.07, 6.45) is 4.80. The number of methoxy groups -OCH3 is 1. The molecule has 10 nitrogen and oxygen atoms in total. The third-order valence-corrected chi connectivity index (χ3v) is 4.51. The number of carboxylic acids is 1. The summed E-state index contributed by atoms with van der Waals surface area (Å²) < 4.78 is 5.03. The number of aliphatic carboxylic acids is 1. The lowest BCUT2D eigenvalue weighted by atomic mass is 10.1. The number of hydrogen-bond donors (Lipinski definition) is 5. The van der Waals surface area contributed by atoms with Gasteiger partial charge in [0.25, 0.3) is 5.91 Å². The Morgan fingerprint density at radius 2 is 1.97 bits per heavy atom. The Morgan fingerprint density at radius 1 is 1.23 bits per heavy atom. The molecule has 0 fully saturated rings. The molecule has 30 heavy (non-hydrogen) atoms. The minimum absolute atomic E-state index is 0.243. The predicted molar refractivity (Wildman–Crippen MR) is 109 cm³/mol. The van der Waals surface area contributed by atoms with Crippen molar-refractivity contribution < 1.29 is 24.2 Å². The SMILES string of the molecule is COc1ccc(C(=O)N[C@@H](CCCCNC(=O)[C@@H](N)Cc2cnc[nH]2)C(=O)O)cc1. The first-order chi connectivity index (χ1) is 14.4. The van der Waals surface area contributed by atoms with Crippen molar-refractivity contribution in [3.05, 3.63) is 48.0 Å². The number of aromatic amines is 1. The smallest absolute Gasteiger partial charge is 0.326 e. The monoisotopic (exact) mass is 417 g/mol. The second-order valence-electron chi connectivity index (χ2n) is 6.77. The van der Waals surface area contributed by atoms with Gasteiger partial charge in [-0.1, -0.05) is 0 Å². The molecule has 2 aromatic rings. The number of carbonyl (C=O) groups is 3. The summed E-state index contributed by atoms with van der Waals surface area (Å²) in [6.45, 7) is 0.369. The topological polar surface area (TPSA) is 159 Å². The second kappa shape index (κ2) is 11.6. The van der Waals surface area contributed by atoms with E-state index >= 15 is 0 Å². The highest BCUT2D eigenvalue weighted by Crippen LogP contribution is 2.12. The molecule has 2 amide bonds. The van der Waals surface area contributed by atoms with Crippen LogP contribution in [-0.2, 0) is 16.0 Å². The lowest BCUT2D eigenvalue weighted by Gasteiger charge is -2.15. The lowest BCUT2D eigenvalue weighted by Crippen LogP contribution is -2.42. The number of nitrogens with two attached hydrogens (primary N) is 1. The number of benzene rings is 1. The van der Waals surface area contributed by atoms with Gasteiger partial charge >= 0.3 is 5.97 Å². The molecular weight excluding hydrogens is 390 g/mol. The zero-order valence-corrected chi connectivity index (χ0v) is 16.8. The van der Waals surface area contributed by atoms with Crippen molar-refractivity contribution in [3.8, 4) is 5.75 Å². The molecule has 0 aliphatic carbocycles. The van der Waals surface area contributed by atoms with Gasteiger partial charge in [-0.2, -0.15) is 0 Å². The van der Waals surface area contributed by atoms with Gasteiger partial charge in [-0.15, -0.1) is 0 Å². The molecule has 0 unspecified atom stereocenters. The quantitative estimate of drug-likeness (QED) is 0.314. The Morgan fingerprint density at radius 3 is 2.57 bits per heavy atom. The van der Waals surface area contributed by atoms with Gasteiger partial charge in [-0.25, -0.2) is 9.78 Å². The van der Waals surface area contributed by atoms with Gasteiger partial charge in [-0.3, -0.25) is 9.59 Å². The lowest BCUT2D eigenvalue weighted by molar-refractivity contribution is -0.139. The zero-order chi connectivity index (χ0) is 21.9. The molecule has 1 aromatic heterocycles. The normalized spacial score (nSPS) is 12.6.